The normalized spacial score (nSPS) is 27.5. The van der Waals surface area contributed by atoms with Crippen molar-refractivity contribution in [2.75, 3.05) is 12.3 Å². The minimum Gasteiger partial charge on any atom is -0.382 e. The molecule has 76 valence electrons. The van der Waals surface area contributed by atoms with E-state index in [0.717, 1.165) is 25.1 Å². The van der Waals surface area contributed by atoms with Gasteiger partial charge in [-0.05, 0) is 19.8 Å². The second kappa shape index (κ2) is 3.92. The number of nitrogens with zero attached hydrogens (tertiary/aromatic N) is 2. The minimum atomic E-state index is 0.327. The summed E-state index contributed by atoms with van der Waals surface area (Å²) >= 11 is 0. The van der Waals surface area contributed by atoms with E-state index in [2.05, 4.69) is 16.9 Å². The van der Waals surface area contributed by atoms with Gasteiger partial charge in [0.1, 0.15) is 5.82 Å². The first-order valence-electron chi connectivity index (χ1n) is 4.94. The molecule has 2 rings (SSSR count). The first-order chi connectivity index (χ1) is 6.75. The molecule has 4 heteroatoms. The number of rotatable bonds is 1. The third kappa shape index (κ3) is 2.01. The maximum absolute atomic E-state index is 5.49. The van der Waals surface area contributed by atoms with Crippen molar-refractivity contribution >= 4 is 5.82 Å². The standard InChI is InChI=1S/C10H15N3O/c1-7-4-8(2-3-14-7)9-5-13-10(11)6-12-9/h5-8H,2-4H2,1H3,(H2,11,13). The molecule has 1 aromatic heterocycles. The topological polar surface area (TPSA) is 61.0 Å². The van der Waals surface area contributed by atoms with Crippen LogP contribution in [0, 0.1) is 0 Å². The average molecular weight is 193 g/mol. The summed E-state index contributed by atoms with van der Waals surface area (Å²) in [6, 6.07) is 0. The molecule has 0 spiro atoms. The van der Waals surface area contributed by atoms with Gasteiger partial charge in [0.05, 0.1) is 24.2 Å². The molecule has 0 aromatic carbocycles. The lowest BCUT2D eigenvalue weighted by atomic mass is 9.93. The fourth-order valence-corrected chi connectivity index (χ4v) is 1.83. The highest BCUT2D eigenvalue weighted by molar-refractivity contribution is 5.23. The fraction of sp³-hybridized carbons (Fsp3) is 0.600. The Labute approximate surface area is 83.5 Å². The van der Waals surface area contributed by atoms with Crippen LogP contribution in [0.2, 0.25) is 0 Å². The van der Waals surface area contributed by atoms with Crippen LogP contribution in [0.1, 0.15) is 31.4 Å². The SMILES string of the molecule is CC1CC(c2cnc(N)cn2)CCO1. The predicted octanol–water partition coefficient (Wildman–Crippen LogP) is 1.34. The Hall–Kier alpha value is -1.16. The first kappa shape index (κ1) is 9.40. The molecular weight excluding hydrogens is 178 g/mol. The van der Waals surface area contributed by atoms with E-state index in [-0.39, 0.29) is 0 Å². The number of aromatic nitrogens is 2. The molecule has 4 nitrogen and oxygen atoms in total. The molecule has 2 unspecified atom stereocenters. The zero-order valence-electron chi connectivity index (χ0n) is 8.31. The summed E-state index contributed by atoms with van der Waals surface area (Å²) in [6.45, 7) is 2.91. The van der Waals surface area contributed by atoms with Crippen LogP contribution in [0.5, 0.6) is 0 Å². The largest absolute Gasteiger partial charge is 0.382 e. The van der Waals surface area contributed by atoms with Gasteiger partial charge in [-0.1, -0.05) is 0 Å². The molecule has 2 heterocycles. The second-order valence-corrected chi connectivity index (χ2v) is 3.77. The van der Waals surface area contributed by atoms with Crippen molar-refractivity contribution in [1.82, 2.24) is 9.97 Å². The molecule has 1 saturated heterocycles. The van der Waals surface area contributed by atoms with Gasteiger partial charge in [0.25, 0.3) is 0 Å². The van der Waals surface area contributed by atoms with Crippen LogP contribution in [0.15, 0.2) is 12.4 Å². The molecule has 0 saturated carbocycles. The number of hydrogen-bond acceptors (Lipinski definition) is 4. The van der Waals surface area contributed by atoms with Crippen LogP contribution in [-0.2, 0) is 4.74 Å². The maximum atomic E-state index is 5.49. The van der Waals surface area contributed by atoms with E-state index < -0.39 is 0 Å². The van der Waals surface area contributed by atoms with Gasteiger partial charge in [0, 0.05) is 12.5 Å². The molecule has 0 radical (unpaired) electrons. The molecule has 0 amide bonds. The molecule has 1 aliphatic rings. The van der Waals surface area contributed by atoms with E-state index in [1.807, 2.05) is 0 Å². The van der Waals surface area contributed by atoms with Crippen LogP contribution in [-0.4, -0.2) is 22.7 Å². The van der Waals surface area contributed by atoms with Crippen molar-refractivity contribution in [1.29, 1.82) is 0 Å². The van der Waals surface area contributed by atoms with Crippen molar-refractivity contribution in [3.05, 3.63) is 18.1 Å². The lowest BCUT2D eigenvalue weighted by molar-refractivity contribution is 0.0179. The highest BCUT2D eigenvalue weighted by atomic mass is 16.5. The van der Waals surface area contributed by atoms with Gasteiger partial charge < -0.3 is 10.5 Å². The number of nitrogens with two attached hydrogens (primary N) is 1. The van der Waals surface area contributed by atoms with Gasteiger partial charge in [-0.25, -0.2) is 4.98 Å². The Morgan fingerprint density at radius 1 is 1.43 bits per heavy atom. The lowest BCUT2D eigenvalue weighted by Crippen LogP contribution is -2.22. The van der Waals surface area contributed by atoms with E-state index in [0.29, 0.717) is 17.8 Å². The smallest absolute Gasteiger partial charge is 0.141 e. The van der Waals surface area contributed by atoms with Crippen LogP contribution in [0.25, 0.3) is 0 Å². The highest BCUT2D eigenvalue weighted by Gasteiger charge is 2.21. The second-order valence-electron chi connectivity index (χ2n) is 3.77. The van der Waals surface area contributed by atoms with Crippen LogP contribution in [0.3, 0.4) is 0 Å². The van der Waals surface area contributed by atoms with Crippen molar-refractivity contribution in [2.45, 2.75) is 31.8 Å². The molecule has 0 bridgehead atoms. The number of anilines is 1. The average Bonchev–Trinajstić information content (AvgIpc) is 2.19. The summed E-state index contributed by atoms with van der Waals surface area (Å²) in [5.74, 6) is 0.959. The maximum Gasteiger partial charge on any atom is 0.141 e. The molecule has 2 atom stereocenters. The molecular formula is C10H15N3O. The Morgan fingerprint density at radius 2 is 2.29 bits per heavy atom. The Bertz CT molecular complexity index is 299. The van der Waals surface area contributed by atoms with Gasteiger partial charge in [-0.15, -0.1) is 0 Å². The minimum absolute atomic E-state index is 0.327. The Morgan fingerprint density at radius 3 is 2.93 bits per heavy atom. The zero-order chi connectivity index (χ0) is 9.97. The van der Waals surface area contributed by atoms with Crippen molar-refractivity contribution in [3.8, 4) is 0 Å². The third-order valence-corrected chi connectivity index (χ3v) is 2.60. The first-order valence-corrected chi connectivity index (χ1v) is 4.94. The van der Waals surface area contributed by atoms with E-state index in [4.69, 9.17) is 10.5 Å². The zero-order valence-corrected chi connectivity index (χ0v) is 8.31. The summed E-state index contributed by atoms with van der Waals surface area (Å²) in [5.41, 5.74) is 6.52. The van der Waals surface area contributed by atoms with Crippen LogP contribution >= 0.6 is 0 Å². The number of nitrogen functional groups attached to an aromatic ring is 1. The highest BCUT2D eigenvalue weighted by Crippen LogP contribution is 2.28. The van der Waals surface area contributed by atoms with Crippen molar-refractivity contribution in [3.63, 3.8) is 0 Å². The summed E-state index contributed by atoms with van der Waals surface area (Å²) in [5, 5.41) is 0. The predicted molar refractivity (Wildman–Crippen MR) is 53.8 cm³/mol. The summed E-state index contributed by atoms with van der Waals surface area (Å²) in [6.07, 6.45) is 5.78. The Kier molecular flexibility index (Phi) is 2.63. The number of ether oxygens (including phenoxy) is 1. The third-order valence-electron chi connectivity index (χ3n) is 2.60. The quantitative estimate of drug-likeness (QED) is 0.731. The van der Waals surface area contributed by atoms with Gasteiger partial charge in [-0.2, -0.15) is 0 Å². The van der Waals surface area contributed by atoms with Gasteiger partial charge in [-0.3, -0.25) is 4.98 Å². The van der Waals surface area contributed by atoms with Gasteiger partial charge >= 0.3 is 0 Å². The molecule has 14 heavy (non-hydrogen) atoms. The van der Waals surface area contributed by atoms with Crippen molar-refractivity contribution < 1.29 is 4.74 Å². The molecule has 1 aromatic rings. The van der Waals surface area contributed by atoms with E-state index >= 15 is 0 Å². The van der Waals surface area contributed by atoms with Gasteiger partial charge in [0.2, 0.25) is 0 Å². The monoisotopic (exact) mass is 193 g/mol. The molecule has 0 aliphatic carbocycles. The Balaban J connectivity index is 2.10. The van der Waals surface area contributed by atoms with E-state index in [9.17, 15) is 0 Å². The summed E-state index contributed by atoms with van der Waals surface area (Å²) < 4.78 is 5.48. The molecule has 1 aliphatic heterocycles. The molecule has 2 N–H and O–H groups in total. The van der Waals surface area contributed by atoms with Gasteiger partial charge in [0.15, 0.2) is 0 Å². The van der Waals surface area contributed by atoms with Crippen LogP contribution < -0.4 is 5.73 Å². The summed E-state index contributed by atoms with van der Waals surface area (Å²) in [4.78, 5) is 8.35. The van der Waals surface area contributed by atoms with Crippen LogP contribution in [0.4, 0.5) is 5.82 Å². The summed E-state index contributed by atoms with van der Waals surface area (Å²) in [7, 11) is 0. The van der Waals surface area contributed by atoms with E-state index in [1.165, 1.54) is 0 Å². The van der Waals surface area contributed by atoms with E-state index in [1.54, 1.807) is 12.4 Å². The lowest BCUT2D eigenvalue weighted by Gasteiger charge is -2.26. The van der Waals surface area contributed by atoms with Crippen molar-refractivity contribution in [2.24, 2.45) is 0 Å². The molecule has 1 fully saturated rings. The number of hydrogen-bond donors (Lipinski definition) is 1. The fourth-order valence-electron chi connectivity index (χ4n) is 1.83.